The number of halogens is 3. The molecular formula is C23H16F3N3O3S. The zero-order valence-electron chi connectivity index (χ0n) is 17.4. The van der Waals surface area contributed by atoms with Gasteiger partial charge in [-0.3, -0.25) is 4.79 Å². The van der Waals surface area contributed by atoms with Crippen molar-refractivity contribution in [2.75, 3.05) is 6.61 Å². The van der Waals surface area contributed by atoms with Crippen molar-refractivity contribution in [2.24, 2.45) is 0 Å². The number of aryl methyl sites for hydroxylation is 1. The number of H-pyrrole nitrogens is 1. The standard InChI is InChI=1S/C23H16F3N3O3S/c1-4-9-32-17-7-5-12(2)10-15(17)19-16-11-14(6-8-18(16)33-28-19)29-21(30)13(3)20(23(24,25)26)27-22(29)31/h1,5-8,10-11H,9H2,2-3H3,(H,27,31). The highest BCUT2D eigenvalue weighted by Crippen LogP contribution is 2.37. The van der Waals surface area contributed by atoms with Crippen molar-refractivity contribution in [3.63, 3.8) is 0 Å². The number of fused-ring (bicyclic) bond motifs is 1. The molecule has 0 saturated heterocycles. The van der Waals surface area contributed by atoms with Gasteiger partial charge in [0.15, 0.2) is 0 Å². The maximum Gasteiger partial charge on any atom is 0.431 e. The van der Waals surface area contributed by atoms with Crippen molar-refractivity contribution in [3.8, 4) is 35.0 Å². The summed E-state index contributed by atoms with van der Waals surface area (Å²) >= 11 is 1.20. The topological polar surface area (TPSA) is 77.0 Å². The van der Waals surface area contributed by atoms with Gasteiger partial charge in [-0.05, 0) is 55.7 Å². The predicted molar refractivity (Wildman–Crippen MR) is 120 cm³/mol. The normalized spacial score (nSPS) is 11.5. The average Bonchev–Trinajstić information content (AvgIpc) is 3.18. The first-order valence-corrected chi connectivity index (χ1v) is 10.4. The Morgan fingerprint density at radius 3 is 2.64 bits per heavy atom. The van der Waals surface area contributed by atoms with E-state index in [1.807, 2.05) is 19.1 Å². The van der Waals surface area contributed by atoms with E-state index in [0.29, 0.717) is 27.0 Å². The quantitative estimate of drug-likeness (QED) is 0.446. The fourth-order valence-electron chi connectivity index (χ4n) is 3.48. The molecule has 0 atom stereocenters. The Balaban J connectivity index is 1.93. The summed E-state index contributed by atoms with van der Waals surface area (Å²) in [6.07, 6.45) is 0.453. The largest absolute Gasteiger partial charge is 0.480 e. The number of alkyl halides is 3. The number of aromatic amines is 1. The van der Waals surface area contributed by atoms with E-state index in [1.54, 1.807) is 23.2 Å². The average molecular weight is 471 g/mol. The third-order valence-corrected chi connectivity index (χ3v) is 5.86. The molecule has 0 bridgehead atoms. The first kappa shape index (κ1) is 22.4. The Bertz CT molecular complexity index is 1540. The van der Waals surface area contributed by atoms with Gasteiger partial charge in [-0.1, -0.05) is 17.6 Å². The highest BCUT2D eigenvalue weighted by molar-refractivity contribution is 7.13. The molecule has 10 heteroatoms. The van der Waals surface area contributed by atoms with Crippen LogP contribution in [-0.2, 0) is 6.18 Å². The van der Waals surface area contributed by atoms with Crippen molar-refractivity contribution in [1.82, 2.24) is 13.9 Å². The lowest BCUT2D eigenvalue weighted by molar-refractivity contribution is -0.142. The summed E-state index contributed by atoms with van der Waals surface area (Å²) in [6.45, 7) is 2.98. The lowest BCUT2D eigenvalue weighted by Gasteiger charge is -2.12. The number of aromatic nitrogens is 3. The van der Waals surface area contributed by atoms with Crippen molar-refractivity contribution in [3.05, 3.63) is 74.1 Å². The molecule has 0 unspecified atom stereocenters. The Morgan fingerprint density at radius 2 is 1.94 bits per heavy atom. The van der Waals surface area contributed by atoms with Gasteiger partial charge in [-0.25, -0.2) is 9.36 Å². The zero-order chi connectivity index (χ0) is 23.9. The summed E-state index contributed by atoms with van der Waals surface area (Å²) in [4.78, 5) is 26.9. The van der Waals surface area contributed by atoms with Crippen LogP contribution in [0.4, 0.5) is 13.2 Å². The minimum Gasteiger partial charge on any atom is -0.480 e. The SMILES string of the molecule is C#CCOc1ccc(C)cc1-c1nsc2ccc(-n3c(=O)[nH]c(C(F)(F)F)c(C)c3=O)cc12. The van der Waals surface area contributed by atoms with E-state index >= 15 is 0 Å². The van der Waals surface area contributed by atoms with Crippen LogP contribution >= 0.6 is 11.5 Å². The van der Waals surface area contributed by atoms with Gasteiger partial charge in [0.1, 0.15) is 18.1 Å². The van der Waals surface area contributed by atoms with Crippen LogP contribution in [0.2, 0.25) is 0 Å². The molecule has 168 valence electrons. The maximum atomic E-state index is 13.2. The van der Waals surface area contributed by atoms with Crippen LogP contribution < -0.4 is 16.0 Å². The molecule has 0 aliphatic heterocycles. The van der Waals surface area contributed by atoms with E-state index in [2.05, 4.69) is 10.3 Å². The van der Waals surface area contributed by atoms with E-state index in [9.17, 15) is 22.8 Å². The molecule has 2 aromatic heterocycles. The second kappa shape index (κ2) is 8.26. The van der Waals surface area contributed by atoms with Crippen molar-refractivity contribution in [1.29, 1.82) is 0 Å². The number of rotatable bonds is 4. The molecule has 0 fully saturated rings. The molecule has 4 aromatic rings. The monoisotopic (exact) mass is 471 g/mol. The number of benzene rings is 2. The van der Waals surface area contributed by atoms with Gasteiger partial charge in [-0.15, -0.1) is 6.42 Å². The van der Waals surface area contributed by atoms with Crippen LogP contribution in [0.15, 0.2) is 46.0 Å². The summed E-state index contributed by atoms with van der Waals surface area (Å²) in [5, 5.41) is 0.609. The molecule has 0 saturated carbocycles. The van der Waals surface area contributed by atoms with E-state index in [-0.39, 0.29) is 12.3 Å². The molecule has 1 N–H and O–H groups in total. The first-order chi connectivity index (χ1) is 15.6. The van der Waals surface area contributed by atoms with E-state index in [0.717, 1.165) is 17.2 Å². The van der Waals surface area contributed by atoms with Gasteiger partial charge in [0, 0.05) is 16.5 Å². The van der Waals surface area contributed by atoms with Crippen LogP contribution in [0, 0.1) is 26.2 Å². The molecule has 6 nitrogen and oxygen atoms in total. The molecule has 4 rings (SSSR count). The predicted octanol–water partition coefficient (Wildman–Crippen LogP) is 4.45. The first-order valence-electron chi connectivity index (χ1n) is 9.62. The molecule has 0 aliphatic carbocycles. The van der Waals surface area contributed by atoms with E-state index in [4.69, 9.17) is 11.2 Å². The minimum atomic E-state index is -4.85. The number of terminal acetylenes is 1. The Morgan fingerprint density at radius 1 is 1.18 bits per heavy atom. The maximum absolute atomic E-state index is 13.2. The van der Waals surface area contributed by atoms with Crippen molar-refractivity contribution in [2.45, 2.75) is 20.0 Å². The summed E-state index contributed by atoms with van der Waals surface area (Å²) in [7, 11) is 0. The summed E-state index contributed by atoms with van der Waals surface area (Å²) < 4.78 is 51.1. The van der Waals surface area contributed by atoms with Crippen LogP contribution in [-0.4, -0.2) is 20.5 Å². The number of nitrogens with zero attached hydrogens (tertiary/aromatic N) is 2. The van der Waals surface area contributed by atoms with Gasteiger partial charge < -0.3 is 9.72 Å². The highest BCUT2D eigenvalue weighted by Gasteiger charge is 2.35. The summed E-state index contributed by atoms with van der Waals surface area (Å²) in [6, 6.07) is 10.2. The Kier molecular flexibility index (Phi) is 5.59. The Hall–Kier alpha value is -3.84. The van der Waals surface area contributed by atoms with Crippen molar-refractivity contribution >= 4 is 21.6 Å². The lowest BCUT2D eigenvalue weighted by atomic mass is 10.0. The summed E-state index contributed by atoms with van der Waals surface area (Å²) in [5.41, 5.74) is -1.93. The number of nitrogens with one attached hydrogen (secondary N) is 1. The molecular weight excluding hydrogens is 455 g/mol. The van der Waals surface area contributed by atoms with Gasteiger partial charge in [0.2, 0.25) is 0 Å². The second-order valence-corrected chi connectivity index (χ2v) is 8.08. The van der Waals surface area contributed by atoms with Gasteiger partial charge >= 0.3 is 11.9 Å². The Labute approximate surface area is 189 Å². The smallest absolute Gasteiger partial charge is 0.431 e. The minimum absolute atomic E-state index is 0.0545. The molecule has 33 heavy (non-hydrogen) atoms. The molecule has 0 radical (unpaired) electrons. The van der Waals surface area contributed by atoms with E-state index in [1.165, 1.54) is 17.6 Å². The lowest BCUT2D eigenvalue weighted by Crippen LogP contribution is -2.38. The number of ether oxygens (including phenoxy) is 1. The number of hydrogen-bond donors (Lipinski definition) is 1. The molecule has 2 heterocycles. The fourth-order valence-corrected chi connectivity index (χ4v) is 4.24. The van der Waals surface area contributed by atoms with Crippen LogP contribution in [0.25, 0.3) is 27.0 Å². The third kappa shape index (κ3) is 4.03. The fraction of sp³-hybridized carbons (Fsp3) is 0.174. The molecule has 0 spiro atoms. The summed E-state index contributed by atoms with van der Waals surface area (Å²) in [5.74, 6) is 2.92. The molecule has 0 amide bonds. The molecule has 0 aliphatic rings. The third-order valence-electron chi connectivity index (χ3n) is 5.03. The van der Waals surface area contributed by atoms with E-state index < -0.39 is 28.7 Å². The van der Waals surface area contributed by atoms with Gasteiger partial charge in [-0.2, -0.15) is 17.5 Å². The van der Waals surface area contributed by atoms with Gasteiger partial charge in [0.25, 0.3) is 5.56 Å². The number of hydrogen-bond acceptors (Lipinski definition) is 5. The van der Waals surface area contributed by atoms with Crippen molar-refractivity contribution < 1.29 is 17.9 Å². The molecule has 2 aromatic carbocycles. The van der Waals surface area contributed by atoms with Gasteiger partial charge in [0.05, 0.1) is 16.1 Å². The van der Waals surface area contributed by atoms with Crippen LogP contribution in [0.3, 0.4) is 0 Å². The highest BCUT2D eigenvalue weighted by atomic mass is 32.1. The van der Waals surface area contributed by atoms with Crippen LogP contribution in [0.1, 0.15) is 16.8 Å². The zero-order valence-corrected chi connectivity index (χ0v) is 18.2. The second-order valence-electron chi connectivity index (χ2n) is 7.27. The van der Waals surface area contributed by atoms with Crippen LogP contribution in [0.5, 0.6) is 5.75 Å².